The third kappa shape index (κ3) is 6.22. The number of rotatable bonds is 7. The predicted molar refractivity (Wildman–Crippen MR) is 316 cm³/mol. The quantitative estimate of drug-likeness (QED) is 0.160. The Kier molecular flexibility index (Phi) is 9.23. The topological polar surface area (TPSA) is 45.5 Å². The highest BCUT2D eigenvalue weighted by Crippen LogP contribution is 2.47. The summed E-state index contributed by atoms with van der Waals surface area (Å²) >= 11 is 0. The van der Waals surface area contributed by atoms with Gasteiger partial charge >= 0.3 is 0 Å². The van der Waals surface area contributed by atoms with E-state index in [1.807, 2.05) is 6.07 Å². The fraction of sp³-hybridized carbons (Fsp3) is 0. The van der Waals surface area contributed by atoms with Crippen LogP contribution in [0, 0.1) is 0 Å². The van der Waals surface area contributed by atoms with E-state index >= 15 is 0 Å². The molecule has 0 saturated heterocycles. The van der Waals surface area contributed by atoms with Crippen molar-refractivity contribution < 1.29 is 0 Å². The Labute approximate surface area is 436 Å². The van der Waals surface area contributed by atoms with Crippen LogP contribution in [-0.2, 0) is 0 Å². The monoisotopic (exact) mass is 968 g/mol. The van der Waals surface area contributed by atoms with Gasteiger partial charge in [0.1, 0.15) is 0 Å². The number of aromatic nitrogens is 6. The summed E-state index contributed by atoms with van der Waals surface area (Å²) in [5.41, 5.74) is 18.3. The van der Waals surface area contributed by atoms with Gasteiger partial charge < -0.3 is 18.3 Å². The molecule has 16 rings (SSSR count). The van der Waals surface area contributed by atoms with Crippen LogP contribution in [0.4, 0.5) is 0 Å². The Morgan fingerprint density at radius 1 is 0.237 bits per heavy atom. The molecular formula is C70H44N6. The summed E-state index contributed by atoms with van der Waals surface area (Å²) in [6.45, 7) is 0. The summed E-state index contributed by atoms with van der Waals surface area (Å²) in [6, 6.07) is 96.2. The van der Waals surface area contributed by atoms with E-state index in [9.17, 15) is 0 Å². The van der Waals surface area contributed by atoms with Crippen LogP contribution < -0.4 is 0 Å². The molecule has 5 heterocycles. The number of nitrogens with zero attached hydrogens (tertiary/aromatic N) is 6. The second-order valence-electron chi connectivity index (χ2n) is 19.7. The van der Waals surface area contributed by atoms with Gasteiger partial charge in [0.05, 0.1) is 55.5 Å². The third-order valence-corrected chi connectivity index (χ3v) is 15.5. The van der Waals surface area contributed by atoms with Crippen LogP contribution in [0.2, 0.25) is 0 Å². The minimum absolute atomic E-state index is 0.681. The second-order valence-corrected chi connectivity index (χ2v) is 19.7. The normalized spacial score (nSPS) is 11.9. The van der Waals surface area contributed by atoms with Gasteiger partial charge in [0, 0.05) is 82.5 Å². The van der Waals surface area contributed by atoms with Gasteiger partial charge in [-0.3, -0.25) is 0 Å². The Hall–Kier alpha value is -10.3. The van der Waals surface area contributed by atoms with Gasteiger partial charge in [-0.1, -0.05) is 182 Å². The van der Waals surface area contributed by atoms with E-state index in [1.165, 1.54) is 54.3 Å². The first-order valence-corrected chi connectivity index (χ1v) is 25.9. The van der Waals surface area contributed by atoms with Crippen LogP contribution in [0.1, 0.15) is 0 Å². The molecule has 16 aromatic rings. The summed E-state index contributed by atoms with van der Waals surface area (Å²) < 4.78 is 9.86. The molecule has 0 bridgehead atoms. The zero-order valence-corrected chi connectivity index (χ0v) is 41.1. The Balaban J connectivity index is 1.06. The molecule has 0 amide bonds. The molecule has 6 nitrogen and oxygen atoms in total. The fourth-order valence-corrected chi connectivity index (χ4v) is 12.4. The average molecular weight is 969 g/mol. The third-order valence-electron chi connectivity index (χ3n) is 15.5. The van der Waals surface area contributed by atoms with Crippen LogP contribution in [-0.4, -0.2) is 28.2 Å². The van der Waals surface area contributed by atoms with Crippen molar-refractivity contribution in [1.29, 1.82) is 0 Å². The molecule has 6 heteroatoms. The molecule has 76 heavy (non-hydrogen) atoms. The minimum atomic E-state index is 0.681. The van der Waals surface area contributed by atoms with E-state index in [-0.39, 0.29) is 0 Å². The molecule has 0 N–H and O–H groups in total. The van der Waals surface area contributed by atoms with Crippen molar-refractivity contribution in [2.45, 2.75) is 0 Å². The summed E-state index contributed by atoms with van der Waals surface area (Å²) in [4.78, 5) is 10.7. The zero-order valence-electron chi connectivity index (χ0n) is 41.1. The molecule has 0 fully saturated rings. The van der Waals surface area contributed by atoms with Crippen molar-refractivity contribution >= 4 is 87.2 Å². The first-order chi connectivity index (χ1) is 37.7. The van der Waals surface area contributed by atoms with E-state index in [0.717, 1.165) is 83.8 Å². The lowest BCUT2D eigenvalue weighted by Gasteiger charge is -2.14. The standard InChI is InChI=1S/C70H44N6/c1-6-21-45(22-7-1)58-44-59(72-70(71-58)46-23-8-2-9-24-46)54-34-20-33-51-52-38-41-64-66(56-32-17-19-36-61(56)74(64)48-27-12-4-13-28-48)69(52)76(67(51)54)50-37-40-62-57(43-50)53-39-42-63-65(68(53)75(62)49-29-14-5-15-30-49)55-31-16-18-35-60(55)73(63)47-25-10-3-11-26-47/h1-44H. The molecule has 0 saturated carbocycles. The molecule has 0 radical (unpaired) electrons. The van der Waals surface area contributed by atoms with Crippen molar-refractivity contribution in [3.63, 3.8) is 0 Å². The maximum absolute atomic E-state index is 5.48. The largest absolute Gasteiger partial charge is 0.309 e. The zero-order chi connectivity index (χ0) is 49.8. The number of hydrogen-bond donors (Lipinski definition) is 0. The van der Waals surface area contributed by atoms with Gasteiger partial charge in [0.25, 0.3) is 0 Å². The molecule has 11 aromatic carbocycles. The Morgan fingerprint density at radius 3 is 1.26 bits per heavy atom. The smallest absolute Gasteiger partial charge is 0.160 e. The van der Waals surface area contributed by atoms with E-state index in [2.05, 4.69) is 279 Å². The van der Waals surface area contributed by atoms with Crippen molar-refractivity contribution in [3.05, 3.63) is 267 Å². The maximum atomic E-state index is 5.48. The Morgan fingerprint density at radius 2 is 0.671 bits per heavy atom. The van der Waals surface area contributed by atoms with Gasteiger partial charge in [0.2, 0.25) is 0 Å². The molecule has 0 aliphatic rings. The Bertz CT molecular complexity index is 4890. The first kappa shape index (κ1) is 42.2. The molecule has 0 atom stereocenters. The number of para-hydroxylation sites is 6. The van der Waals surface area contributed by atoms with Gasteiger partial charge in [-0.2, -0.15) is 0 Å². The predicted octanol–water partition coefficient (Wildman–Crippen LogP) is 17.9. The van der Waals surface area contributed by atoms with E-state index < -0.39 is 0 Å². The lowest BCUT2D eigenvalue weighted by atomic mass is 10.0. The summed E-state index contributed by atoms with van der Waals surface area (Å²) in [6.07, 6.45) is 0. The summed E-state index contributed by atoms with van der Waals surface area (Å²) in [5, 5.41) is 9.49. The molecule has 0 aliphatic heterocycles. The molecule has 0 spiro atoms. The van der Waals surface area contributed by atoms with Crippen molar-refractivity contribution in [3.8, 4) is 56.7 Å². The molecule has 0 aliphatic carbocycles. The van der Waals surface area contributed by atoms with E-state index in [0.29, 0.717) is 5.82 Å². The van der Waals surface area contributed by atoms with Gasteiger partial charge in [-0.25, -0.2) is 9.97 Å². The lowest BCUT2D eigenvalue weighted by molar-refractivity contribution is 1.16. The molecular weight excluding hydrogens is 925 g/mol. The van der Waals surface area contributed by atoms with E-state index in [4.69, 9.17) is 9.97 Å². The van der Waals surface area contributed by atoms with Crippen LogP contribution in [0.15, 0.2) is 267 Å². The lowest BCUT2D eigenvalue weighted by Crippen LogP contribution is -1.99. The number of fused-ring (bicyclic) bond motifs is 14. The fourth-order valence-electron chi connectivity index (χ4n) is 12.4. The molecule has 0 unspecified atom stereocenters. The molecule has 354 valence electrons. The van der Waals surface area contributed by atoms with Gasteiger partial charge in [-0.05, 0) is 84.9 Å². The van der Waals surface area contributed by atoms with Crippen LogP contribution in [0.3, 0.4) is 0 Å². The summed E-state index contributed by atoms with van der Waals surface area (Å²) in [7, 11) is 0. The van der Waals surface area contributed by atoms with Crippen LogP contribution in [0.25, 0.3) is 144 Å². The highest BCUT2D eigenvalue weighted by atomic mass is 15.0. The van der Waals surface area contributed by atoms with Crippen LogP contribution in [0.5, 0.6) is 0 Å². The van der Waals surface area contributed by atoms with Gasteiger partial charge in [-0.15, -0.1) is 0 Å². The molecule has 5 aromatic heterocycles. The van der Waals surface area contributed by atoms with Gasteiger partial charge in [0.15, 0.2) is 5.82 Å². The number of hydrogen-bond acceptors (Lipinski definition) is 2. The average Bonchev–Trinajstić information content (AvgIpc) is 4.27. The highest BCUT2D eigenvalue weighted by Gasteiger charge is 2.26. The maximum Gasteiger partial charge on any atom is 0.160 e. The van der Waals surface area contributed by atoms with E-state index in [1.54, 1.807) is 0 Å². The minimum Gasteiger partial charge on any atom is -0.309 e. The summed E-state index contributed by atoms with van der Waals surface area (Å²) in [5.74, 6) is 0.681. The van der Waals surface area contributed by atoms with Crippen LogP contribution >= 0.6 is 0 Å². The number of benzene rings is 11. The highest BCUT2D eigenvalue weighted by molar-refractivity contribution is 6.29. The first-order valence-electron chi connectivity index (χ1n) is 25.9. The SMILES string of the molecule is c1ccc(-c2cc(-c3cccc4c5ccc6c(c7ccccc7n6-c6ccccc6)c5n(-c5ccc6c(c5)c5ccc7c(c8ccccc8n7-c7ccccc7)c5n6-c5ccccc5)c34)nc(-c3ccccc3)n2)cc1. The van der Waals surface area contributed by atoms with Crippen molar-refractivity contribution in [1.82, 2.24) is 28.2 Å². The van der Waals surface area contributed by atoms with Crippen molar-refractivity contribution in [2.75, 3.05) is 0 Å². The second kappa shape index (κ2) is 16.6. The van der Waals surface area contributed by atoms with Crippen molar-refractivity contribution in [2.24, 2.45) is 0 Å².